The van der Waals surface area contributed by atoms with Gasteiger partial charge in [0, 0.05) is 18.0 Å². The van der Waals surface area contributed by atoms with Crippen LogP contribution in [-0.4, -0.2) is 24.1 Å². The van der Waals surface area contributed by atoms with Crippen LogP contribution < -0.4 is 5.32 Å². The maximum absolute atomic E-state index is 13.4. The summed E-state index contributed by atoms with van der Waals surface area (Å²) in [6.45, 7) is 6.87. The molecule has 1 N–H and O–H groups in total. The fourth-order valence-corrected chi connectivity index (χ4v) is 1.95. The van der Waals surface area contributed by atoms with E-state index in [0.717, 1.165) is 6.54 Å². The zero-order valence-corrected chi connectivity index (χ0v) is 8.66. The van der Waals surface area contributed by atoms with Gasteiger partial charge in [-0.2, -0.15) is 0 Å². The van der Waals surface area contributed by atoms with Gasteiger partial charge in [-0.05, 0) is 11.8 Å². The third kappa shape index (κ3) is 2.33. The van der Waals surface area contributed by atoms with E-state index in [-0.39, 0.29) is 16.8 Å². The molecule has 3 heteroatoms. The predicted molar refractivity (Wildman–Crippen MR) is 50.4 cm³/mol. The Morgan fingerprint density at radius 2 is 2.00 bits per heavy atom. The Morgan fingerprint density at radius 1 is 1.42 bits per heavy atom. The highest BCUT2D eigenvalue weighted by atomic mass is 35.5. The molecule has 0 radical (unpaired) electrons. The summed E-state index contributed by atoms with van der Waals surface area (Å²) in [5.41, 5.74) is -0.0174. The largest absolute Gasteiger partial charge is 0.309 e. The van der Waals surface area contributed by atoms with E-state index in [1.165, 1.54) is 0 Å². The summed E-state index contributed by atoms with van der Waals surface area (Å²) in [7, 11) is 0. The van der Waals surface area contributed by atoms with Crippen LogP contribution in [0.1, 0.15) is 27.2 Å². The van der Waals surface area contributed by atoms with Crippen LogP contribution in [0.5, 0.6) is 0 Å². The van der Waals surface area contributed by atoms with Crippen molar-refractivity contribution in [2.75, 3.05) is 6.54 Å². The Labute approximate surface area is 78.7 Å². The maximum Gasteiger partial charge on any atom is 0.117 e. The van der Waals surface area contributed by atoms with Crippen LogP contribution in [0.4, 0.5) is 4.39 Å². The predicted octanol–water partition coefficient (Wildman–Crippen LogP) is 2.34. The van der Waals surface area contributed by atoms with E-state index < -0.39 is 6.17 Å². The average molecular weight is 194 g/mol. The average Bonchev–Trinajstić information content (AvgIpc) is 1.83. The third-order valence-electron chi connectivity index (χ3n) is 2.33. The molecule has 0 spiro atoms. The summed E-state index contributed by atoms with van der Waals surface area (Å²) < 4.78 is 13.4. The number of hydrogen-bond acceptors (Lipinski definition) is 1. The monoisotopic (exact) mass is 193 g/mol. The van der Waals surface area contributed by atoms with Crippen LogP contribution in [0.25, 0.3) is 0 Å². The van der Waals surface area contributed by atoms with Crippen molar-refractivity contribution in [3.05, 3.63) is 0 Å². The standard InChI is InChI=1S/C9H17ClFN/c1-9(2,3)8-7(11)4-6(10)5-12-8/h6-8,12H,4-5H2,1-3H3. The van der Waals surface area contributed by atoms with Crippen molar-refractivity contribution < 1.29 is 4.39 Å². The van der Waals surface area contributed by atoms with Crippen molar-refractivity contribution in [3.63, 3.8) is 0 Å². The van der Waals surface area contributed by atoms with Gasteiger partial charge in [-0.25, -0.2) is 4.39 Å². The van der Waals surface area contributed by atoms with Gasteiger partial charge in [0.05, 0.1) is 0 Å². The van der Waals surface area contributed by atoms with Crippen molar-refractivity contribution in [1.29, 1.82) is 0 Å². The molecule has 1 heterocycles. The highest BCUT2D eigenvalue weighted by molar-refractivity contribution is 6.20. The molecule has 1 saturated heterocycles. The Kier molecular flexibility index (Phi) is 3.00. The summed E-state index contributed by atoms with van der Waals surface area (Å²) in [6.07, 6.45) is -0.322. The van der Waals surface area contributed by atoms with Gasteiger partial charge in [0.25, 0.3) is 0 Å². The van der Waals surface area contributed by atoms with Gasteiger partial charge in [-0.15, -0.1) is 11.6 Å². The van der Waals surface area contributed by atoms with Crippen molar-refractivity contribution in [1.82, 2.24) is 5.32 Å². The molecule has 0 saturated carbocycles. The first-order valence-electron chi connectivity index (χ1n) is 4.43. The molecule has 1 nitrogen and oxygen atoms in total. The normalized spacial score (nSPS) is 38.2. The second kappa shape index (κ2) is 3.51. The number of halogens is 2. The topological polar surface area (TPSA) is 12.0 Å². The van der Waals surface area contributed by atoms with E-state index in [0.29, 0.717) is 6.42 Å². The molecule has 1 aliphatic rings. The van der Waals surface area contributed by atoms with Gasteiger partial charge in [0.15, 0.2) is 0 Å². The van der Waals surface area contributed by atoms with Gasteiger partial charge in [-0.3, -0.25) is 0 Å². The van der Waals surface area contributed by atoms with E-state index in [4.69, 9.17) is 11.6 Å². The minimum atomic E-state index is -0.804. The molecular weight excluding hydrogens is 177 g/mol. The molecule has 0 aliphatic carbocycles. The quantitative estimate of drug-likeness (QED) is 0.583. The Morgan fingerprint density at radius 3 is 2.42 bits per heavy atom. The van der Waals surface area contributed by atoms with Gasteiger partial charge in [-0.1, -0.05) is 20.8 Å². The van der Waals surface area contributed by atoms with E-state index in [1.807, 2.05) is 20.8 Å². The number of rotatable bonds is 0. The van der Waals surface area contributed by atoms with E-state index in [2.05, 4.69) is 5.32 Å². The molecule has 72 valence electrons. The van der Waals surface area contributed by atoms with Crippen molar-refractivity contribution in [2.45, 2.75) is 44.8 Å². The highest BCUT2D eigenvalue weighted by Gasteiger charge is 2.36. The molecule has 0 aromatic carbocycles. The molecule has 0 amide bonds. The summed E-state index contributed by atoms with van der Waals surface area (Å²) in [5.74, 6) is 0. The molecule has 3 atom stereocenters. The van der Waals surface area contributed by atoms with Crippen LogP contribution in [0.3, 0.4) is 0 Å². The first kappa shape index (κ1) is 10.3. The van der Waals surface area contributed by atoms with Crippen LogP contribution in [0, 0.1) is 5.41 Å². The Hall–Kier alpha value is 0.180. The molecule has 1 rings (SSSR count). The smallest absolute Gasteiger partial charge is 0.117 e. The molecule has 0 bridgehead atoms. The van der Waals surface area contributed by atoms with Crippen LogP contribution in [0.15, 0.2) is 0 Å². The minimum absolute atomic E-state index is 0.0174. The molecule has 3 unspecified atom stereocenters. The number of piperidine rings is 1. The fourth-order valence-electron chi connectivity index (χ4n) is 1.70. The van der Waals surface area contributed by atoms with Gasteiger partial charge < -0.3 is 5.32 Å². The second-order valence-corrected chi connectivity index (χ2v) is 5.22. The minimum Gasteiger partial charge on any atom is -0.309 e. The first-order chi connectivity index (χ1) is 5.41. The van der Waals surface area contributed by atoms with Gasteiger partial charge in [0.1, 0.15) is 6.17 Å². The zero-order valence-electron chi connectivity index (χ0n) is 7.90. The van der Waals surface area contributed by atoms with Gasteiger partial charge in [0.2, 0.25) is 0 Å². The number of hydrogen-bond donors (Lipinski definition) is 1. The first-order valence-corrected chi connectivity index (χ1v) is 4.86. The lowest BCUT2D eigenvalue weighted by atomic mass is 9.81. The lowest BCUT2D eigenvalue weighted by molar-refractivity contribution is 0.117. The second-order valence-electron chi connectivity index (χ2n) is 4.60. The lowest BCUT2D eigenvalue weighted by Crippen LogP contribution is -2.53. The van der Waals surface area contributed by atoms with Gasteiger partial charge >= 0.3 is 0 Å². The Balaban J connectivity index is 2.57. The van der Waals surface area contributed by atoms with Crippen LogP contribution >= 0.6 is 11.6 Å². The van der Waals surface area contributed by atoms with Crippen molar-refractivity contribution in [2.24, 2.45) is 5.41 Å². The molecule has 1 aliphatic heterocycles. The molecule has 0 aromatic rings. The van der Waals surface area contributed by atoms with E-state index in [1.54, 1.807) is 0 Å². The van der Waals surface area contributed by atoms with Crippen LogP contribution in [0.2, 0.25) is 0 Å². The van der Waals surface area contributed by atoms with E-state index >= 15 is 0 Å². The van der Waals surface area contributed by atoms with E-state index in [9.17, 15) is 4.39 Å². The summed E-state index contributed by atoms with van der Waals surface area (Å²) in [4.78, 5) is 0. The summed E-state index contributed by atoms with van der Waals surface area (Å²) in [6, 6.07) is -0.0486. The maximum atomic E-state index is 13.4. The van der Waals surface area contributed by atoms with Crippen molar-refractivity contribution >= 4 is 11.6 Å². The molecule has 1 fully saturated rings. The third-order valence-corrected chi connectivity index (χ3v) is 2.67. The highest BCUT2D eigenvalue weighted by Crippen LogP contribution is 2.29. The van der Waals surface area contributed by atoms with Crippen molar-refractivity contribution in [3.8, 4) is 0 Å². The number of nitrogens with one attached hydrogen (secondary N) is 1. The lowest BCUT2D eigenvalue weighted by Gasteiger charge is -2.38. The molecule has 0 aromatic heterocycles. The molecular formula is C9H17ClFN. The van der Waals surface area contributed by atoms with Crippen LogP contribution in [-0.2, 0) is 0 Å². The molecule has 12 heavy (non-hydrogen) atoms. The summed E-state index contributed by atoms with van der Waals surface area (Å²) in [5, 5.41) is 3.11. The fraction of sp³-hybridized carbons (Fsp3) is 1.00. The SMILES string of the molecule is CC(C)(C)C1NCC(Cl)CC1F. The number of alkyl halides is 2. The summed E-state index contributed by atoms with van der Waals surface area (Å²) >= 11 is 5.82. The Bertz CT molecular complexity index is 155. The zero-order chi connectivity index (χ0) is 9.35.